The van der Waals surface area contributed by atoms with Gasteiger partial charge in [-0.25, -0.2) is 4.79 Å². The van der Waals surface area contributed by atoms with Crippen molar-refractivity contribution < 1.29 is 9.84 Å². The lowest BCUT2D eigenvalue weighted by Crippen LogP contribution is -2.35. The third-order valence-corrected chi connectivity index (χ3v) is 3.61. The fraction of sp³-hybridized carbons (Fsp3) is 0.600. The highest BCUT2D eigenvalue weighted by Gasteiger charge is 2.27. The molecule has 2 atom stereocenters. The van der Waals surface area contributed by atoms with E-state index in [1.54, 1.807) is 6.20 Å². The van der Waals surface area contributed by atoms with Gasteiger partial charge >= 0.3 is 5.69 Å². The summed E-state index contributed by atoms with van der Waals surface area (Å²) in [6.07, 6.45) is 4.22. The van der Waals surface area contributed by atoms with Crippen molar-refractivity contribution in [3.05, 3.63) is 44.2 Å². The van der Waals surface area contributed by atoms with Crippen LogP contribution >= 0.6 is 0 Å². The monoisotopic (exact) mass is 309 g/mol. The standard InChI is InChI=1S/C15H23N3O4/c1-10(2)5-6-16-7-11-8-18(15(21)17-14(11)20)13-4-3-12(9-19)22-13/h5,8,12-13,16,19H,3-4,6-7,9H2,1-2H3,(H,17,20,21). The predicted octanol–water partition coefficient (Wildman–Crippen LogP) is 0.262. The summed E-state index contributed by atoms with van der Waals surface area (Å²) < 4.78 is 6.99. The van der Waals surface area contributed by atoms with Crippen LogP contribution in [0.2, 0.25) is 0 Å². The quantitative estimate of drug-likeness (QED) is 0.517. The molecule has 0 amide bonds. The lowest BCUT2D eigenvalue weighted by atomic mass is 10.2. The minimum absolute atomic E-state index is 0.0638. The first-order chi connectivity index (χ1) is 10.5. The molecule has 1 aromatic heterocycles. The van der Waals surface area contributed by atoms with E-state index < -0.39 is 11.9 Å². The molecule has 0 radical (unpaired) electrons. The van der Waals surface area contributed by atoms with Crippen molar-refractivity contribution in [3.63, 3.8) is 0 Å². The Hall–Kier alpha value is -1.70. The number of aromatic amines is 1. The van der Waals surface area contributed by atoms with Crippen LogP contribution in [0, 0.1) is 0 Å². The van der Waals surface area contributed by atoms with Crippen LogP contribution in [0.25, 0.3) is 0 Å². The number of ether oxygens (including phenoxy) is 1. The van der Waals surface area contributed by atoms with Gasteiger partial charge in [0.15, 0.2) is 0 Å². The van der Waals surface area contributed by atoms with Gasteiger partial charge in [-0.15, -0.1) is 0 Å². The average Bonchev–Trinajstić information content (AvgIpc) is 2.94. The molecule has 2 rings (SSSR count). The topological polar surface area (TPSA) is 96.3 Å². The van der Waals surface area contributed by atoms with E-state index in [0.717, 1.165) is 0 Å². The number of hydrogen-bond donors (Lipinski definition) is 3. The first-order valence-electron chi connectivity index (χ1n) is 7.46. The normalized spacial score (nSPS) is 21.0. The third kappa shape index (κ3) is 4.16. The zero-order chi connectivity index (χ0) is 16.1. The molecule has 0 aliphatic carbocycles. The third-order valence-electron chi connectivity index (χ3n) is 3.61. The Kier molecular flexibility index (Phi) is 5.70. The van der Waals surface area contributed by atoms with Crippen LogP contribution in [-0.4, -0.2) is 33.9 Å². The number of allylic oxidation sites excluding steroid dienone is 1. The molecule has 0 spiro atoms. The van der Waals surface area contributed by atoms with Gasteiger partial charge < -0.3 is 15.2 Å². The smallest absolute Gasteiger partial charge is 0.330 e. The van der Waals surface area contributed by atoms with E-state index in [4.69, 9.17) is 9.84 Å². The van der Waals surface area contributed by atoms with Crippen molar-refractivity contribution in [2.24, 2.45) is 0 Å². The van der Waals surface area contributed by atoms with E-state index in [2.05, 4.69) is 10.3 Å². The van der Waals surface area contributed by atoms with Crippen LogP contribution in [-0.2, 0) is 11.3 Å². The van der Waals surface area contributed by atoms with Gasteiger partial charge in [0.1, 0.15) is 6.23 Å². The second-order valence-corrected chi connectivity index (χ2v) is 5.71. The van der Waals surface area contributed by atoms with E-state index in [1.807, 2.05) is 19.9 Å². The summed E-state index contributed by atoms with van der Waals surface area (Å²) in [7, 11) is 0. The molecule has 122 valence electrons. The van der Waals surface area contributed by atoms with Gasteiger partial charge in [-0.05, 0) is 26.7 Å². The van der Waals surface area contributed by atoms with Crippen LogP contribution in [0.15, 0.2) is 27.4 Å². The van der Waals surface area contributed by atoms with Crippen molar-refractivity contribution in [3.8, 4) is 0 Å². The summed E-state index contributed by atoms with van der Waals surface area (Å²) in [4.78, 5) is 26.1. The summed E-state index contributed by atoms with van der Waals surface area (Å²) in [5, 5.41) is 12.2. The molecule has 3 N–H and O–H groups in total. The minimum atomic E-state index is -0.485. The van der Waals surface area contributed by atoms with Gasteiger partial charge in [-0.3, -0.25) is 14.3 Å². The van der Waals surface area contributed by atoms with Crippen LogP contribution in [0.1, 0.15) is 38.5 Å². The Morgan fingerprint density at radius 3 is 2.91 bits per heavy atom. The Bertz CT molecular complexity index is 643. The molecular formula is C15H23N3O4. The summed E-state index contributed by atoms with van der Waals surface area (Å²) in [5.41, 5.74) is 0.808. The highest BCUT2D eigenvalue weighted by Crippen LogP contribution is 2.26. The Balaban J connectivity index is 2.12. The van der Waals surface area contributed by atoms with E-state index in [1.165, 1.54) is 10.1 Å². The fourth-order valence-corrected chi connectivity index (χ4v) is 2.38. The SMILES string of the molecule is CC(C)=CCNCc1cn(C2CCC(CO)O2)c(=O)[nH]c1=O. The molecular weight excluding hydrogens is 286 g/mol. The molecule has 0 saturated carbocycles. The van der Waals surface area contributed by atoms with Crippen molar-refractivity contribution in [1.82, 2.24) is 14.9 Å². The zero-order valence-electron chi connectivity index (χ0n) is 13.0. The van der Waals surface area contributed by atoms with Gasteiger partial charge in [0.05, 0.1) is 12.7 Å². The summed E-state index contributed by atoms with van der Waals surface area (Å²) >= 11 is 0. The van der Waals surface area contributed by atoms with Crippen LogP contribution in [0.5, 0.6) is 0 Å². The highest BCUT2D eigenvalue weighted by atomic mass is 16.5. The fourth-order valence-electron chi connectivity index (χ4n) is 2.38. The van der Waals surface area contributed by atoms with Gasteiger partial charge in [-0.1, -0.05) is 11.6 Å². The Labute approximate surface area is 128 Å². The number of H-pyrrole nitrogens is 1. The van der Waals surface area contributed by atoms with Crippen LogP contribution in [0.3, 0.4) is 0 Å². The maximum absolute atomic E-state index is 11.9. The minimum Gasteiger partial charge on any atom is -0.394 e. The van der Waals surface area contributed by atoms with Gasteiger partial charge in [0, 0.05) is 24.8 Å². The summed E-state index contributed by atoms with van der Waals surface area (Å²) in [6.45, 7) is 4.97. The van der Waals surface area contributed by atoms with E-state index in [0.29, 0.717) is 31.5 Å². The number of rotatable bonds is 6. The average molecular weight is 309 g/mol. The number of aromatic nitrogens is 2. The van der Waals surface area contributed by atoms with Crippen LogP contribution in [0.4, 0.5) is 0 Å². The molecule has 1 aromatic rings. The molecule has 1 aliphatic rings. The maximum Gasteiger partial charge on any atom is 0.330 e. The molecule has 2 unspecified atom stereocenters. The summed E-state index contributed by atoms with van der Waals surface area (Å²) in [6, 6.07) is 0. The lowest BCUT2D eigenvalue weighted by Gasteiger charge is -2.15. The maximum atomic E-state index is 11.9. The first kappa shape index (κ1) is 16.7. The van der Waals surface area contributed by atoms with Crippen molar-refractivity contribution in [2.45, 2.75) is 45.6 Å². The second-order valence-electron chi connectivity index (χ2n) is 5.71. The molecule has 7 heteroatoms. The Morgan fingerprint density at radius 2 is 2.27 bits per heavy atom. The van der Waals surface area contributed by atoms with Gasteiger partial charge in [0.25, 0.3) is 5.56 Å². The number of nitrogens with zero attached hydrogens (tertiary/aromatic N) is 1. The molecule has 2 heterocycles. The highest BCUT2D eigenvalue weighted by molar-refractivity contribution is 5.05. The van der Waals surface area contributed by atoms with E-state index in [-0.39, 0.29) is 18.3 Å². The first-order valence-corrected chi connectivity index (χ1v) is 7.46. The molecule has 1 saturated heterocycles. The van der Waals surface area contributed by atoms with Crippen molar-refractivity contribution in [1.29, 1.82) is 0 Å². The molecule has 1 aliphatic heterocycles. The molecule has 7 nitrogen and oxygen atoms in total. The van der Waals surface area contributed by atoms with Gasteiger partial charge in [0.2, 0.25) is 0 Å². The van der Waals surface area contributed by atoms with Crippen molar-refractivity contribution in [2.75, 3.05) is 13.2 Å². The molecule has 0 aromatic carbocycles. The number of aliphatic hydroxyl groups is 1. The number of hydrogen-bond acceptors (Lipinski definition) is 5. The largest absolute Gasteiger partial charge is 0.394 e. The number of nitrogens with one attached hydrogen (secondary N) is 2. The lowest BCUT2D eigenvalue weighted by molar-refractivity contribution is -0.0247. The Morgan fingerprint density at radius 1 is 1.50 bits per heavy atom. The van der Waals surface area contributed by atoms with Crippen LogP contribution < -0.4 is 16.6 Å². The molecule has 22 heavy (non-hydrogen) atoms. The molecule has 1 fully saturated rings. The van der Waals surface area contributed by atoms with Crippen molar-refractivity contribution >= 4 is 0 Å². The second kappa shape index (κ2) is 7.53. The van der Waals surface area contributed by atoms with E-state index in [9.17, 15) is 9.59 Å². The van der Waals surface area contributed by atoms with Gasteiger partial charge in [-0.2, -0.15) is 0 Å². The molecule has 0 bridgehead atoms. The summed E-state index contributed by atoms with van der Waals surface area (Å²) in [5.74, 6) is 0. The zero-order valence-corrected chi connectivity index (χ0v) is 13.0. The number of aliphatic hydroxyl groups excluding tert-OH is 1. The predicted molar refractivity (Wildman–Crippen MR) is 82.7 cm³/mol. The van der Waals surface area contributed by atoms with E-state index >= 15 is 0 Å².